The summed E-state index contributed by atoms with van der Waals surface area (Å²) in [5.74, 6) is -0.0278. The number of alkyl halides is 3. The summed E-state index contributed by atoms with van der Waals surface area (Å²) in [6.45, 7) is 0. The fraction of sp³-hybridized carbons (Fsp3) is 0.0526. The molecular formula is C19H12BrF3N2O2. The summed E-state index contributed by atoms with van der Waals surface area (Å²) < 4.78 is 45.5. The Morgan fingerprint density at radius 2 is 1.81 bits per heavy atom. The molecule has 0 aliphatic heterocycles. The molecule has 0 bridgehead atoms. The van der Waals surface area contributed by atoms with Crippen molar-refractivity contribution in [2.45, 2.75) is 6.18 Å². The van der Waals surface area contributed by atoms with Crippen molar-refractivity contribution in [1.29, 1.82) is 0 Å². The van der Waals surface area contributed by atoms with Gasteiger partial charge in [-0.3, -0.25) is 4.79 Å². The largest absolute Gasteiger partial charge is 0.439 e. The average molecular weight is 437 g/mol. The van der Waals surface area contributed by atoms with Gasteiger partial charge in [-0.25, -0.2) is 4.98 Å². The highest BCUT2D eigenvalue weighted by atomic mass is 79.9. The van der Waals surface area contributed by atoms with Crippen molar-refractivity contribution in [3.05, 3.63) is 82.5 Å². The van der Waals surface area contributed by atoms with Crippen LogP contribution in [0, 0.1) is 0 Å². The van der Waals surface area contributed by atoms with Gasteiger partial charge in [0.15, 0.2) is 0 Å². The van der Waals surface area contributed by atoms with Crippen LogP contribution in [-0.2, 0) is 6.18 Å². The standard InChI is InChI=1S/C19H12BrF3N2O2/c20-12-4-3-5-14(10-12)27-17-9-8-13(11-24-17)25-18(26)15-6-1-2-7-16(15)19(21,22)23/h1-11H,(H,25,26). The lowest BCUT2D eigenvalue weighted by atomic mass is 10.1. The lowest BCUT2D eigenvalue weighted by molar-refractivity contribution is -0.137. The first-order valence-corrected chi connectivity index (χ1v) is 8.49. The van der Waals surface area contributed by atoms with Crippen molar-refractivity contribution < 1.29 is 22.7 Å². The van der Waals surface area contributed by atoms with Gasteiger partial charge in [0, 0.05) is 10.5 Å². The smallest absolute Gasteiger partial charge is 0.417 e. The van der Waals surface area contributed by atoms with E-state index in [1.165, 1.54) is 30.5 Å². The van der Waals surface area contributed by atoms with Gasteiger partial charge < -0.3 is 10.1 Å². The minimum atomic E-state index is -4.62. The summed E-state index contributed by atoms with van der Waals surface area (Å²) >= 11 is 3.33. The van der Waals surface area contributed by atoms with Crippen LogP contribution in [-0.4, -0.2) is 10.9 Å². The van der Waals surface area contributed by atoms with Gasteiger partial charge >= 0.3 is 6.18 Å². The Kier molecular flexibility index (Phi) is 5.46. The molecule has 4 nitrogen and oxygen atoms in total. The third-order valence-electron chi connectivity index (χ3n) is 3.49. The van der Waals surface area contributed by atoms with Crippen molar-refractivity contribution in [2.24, 2.45) is 0 Å². The van der Waals surface area contributed by atoms with E-state index in [0.29, 0.717) is 5.75 Å². The third kappa shape index (κ3) is 4.85. The molecule has 1 heterocycles. The van der Waals surface area contributed by atoms with Gasteiger partial charge in [-0.2, -0.15) is 13.2 Å². The van der Waals surface area contributed by atoms with E-state index in [-0.39, 0.29) is 11.6 Å². The second-order valence-corrected chi connectivity index (χ2v) is 6.36. The molecule has 0 spiro atoms. The molecule has 3 rings (SSSR count). The van der Waals surface area contributed by atoms with E-state index < -0.39 is 23.2 Å². The number of pyridine rings is 1. The Morgan fingerprint density at radius 1 is 1.04 bits per heavy atom. The van der Waals surface area contributed by atoms with Crippen LogP contribution in [0.1, 0.15) is 15.9 Å². The van der Waals surface area contributed by atoms with Crippen LogP contribution < -0.4 is 10.1 Å². The zero-order valence-electron chi connectivity index (χ0n) is 13.6. The van der Waals surface area contributed by atoms with E-state index in [4.69, 9.17) is 4.74 Å². The van der Waals surface area contributed by atoms with Crippen molar-refractivity contribution in [3.63, 3.8) is 0 Å². The Hall–Kier alpha value is -2.87. The Morgan fingerprint density at radius 3 is 2.48 bits per heavy atom. The number of nitrogens with zero attached hydrogens (tertiary/aromatic N) is 1. The van der Waals surface area contributed by atoms with E-state index in [1.807, 2.05) is 6.07 Å². The topological polar surface area (TPSA) is 51.2 Å². The van der Waals surface area contributed by atoms with E-state index in [1.54, 1.807) is 18.2 Å². The molecule has 3 aromatic rings. The molecule has 1 aromatic heterocycles. The molecule has 0 fully saturated rings. The molecule has 8 heteroatoms. The van der Waals surface area contributed by atoms with Gasteiger partial charge in [0.25, 0.3) is 5.91 Å². The minimum Gasteiger partial charge on any atom is -0.439 e. The Bertz CT molecular complexity index is 960. The highest BCUT2D eigenvalue weighted by Crippen LogP contribution is 2.32. The SMILES string of the molecule is O=C(Nc1ccc(Oc2cccc(Br)c2)nc1)c1ccccc1C(F)(F)F. The van der Waals surface area contributed by atoms with Crippen LogP contribution in [0.15, 0.2) is 71.3 Å². The summed E-state index contributed by atoms with van der Waals surface area (Å²) in [5, 5.41) is 2.41. The summed E-state index contributed by atoms with van der Waals surface area (Å²) in [5.41, 5.74) is -1.21. The minimum absolute atomic E-state index is 0.249. The molecule has 1 N–H and O–H groups in total. The van der Waals surface area contributed by atoms with Gasteiger partial charge in [0.05, 0.1) is 23.0 Å². The summed E-state index contributed by atoms with van der Waals surface area (Å²) in [7, 11) is 0. The Balaban J connectivity index is 1.73. The van der Waals surface area contributed by atoms with Crippen molar-refractivity contribution in [2.75, 3.05) is 5.32 Å². The van der Waals surface area contributed by atoms with Crippen LogP contribution in [0.25, 0.3) is 0 Å². The predicted molar refractivity (Wildman–Crippen MR) is 97.9 cm³/mol. The number of halogens is 4. The highest BCUT2D eigenvalue weighted by molar-refractivity contribution is 9.10. The molecule has 0 aliphatic carbocycles. The lowest BCUT2D eigenvalue weighted by Crippen LogP contribution is -2.18. The second-order valence-electron chi connectivity index (χ2n) is 5.44. The first-order valence-electron chi connectivity index (χ1n) is 7.70. The number of carbonyl (C=O) groups excluding carboxylic acids is 1. The van der Waals surface area contributed by atoms with Gasteiger partial charge in [-0.1, -0.05) is 34.1 Å². The van der Waals surface area contributed by atoms with E-state index >= 15 is 0 Å². The summed E-state index contributed by atoms with van der Waals surface area (Å²) in [6, 6.07) is 14.7. The fourth-order valence-electron chi connectivity index (χ4n) is 2.29. The van der Waals surface area contributed by atoms with Gasteiger partial charge in [-0.15, -0.1) is 0 Å². The maximum Gasteiger partial charge on any atom is 0.417 e. The number of amides is 1. The number of aromatic nitrogens is 1. The number of hydrogen-bond acceptors (Lipinski definition) is 3. The van der Waals surface area contributed by atoms with E-state index in [9.17, 15) is 18.0 Å². The number of ether oxygens (including phenoxy) is 1. The molecule has 0 atom stereocenters. The zero-order chi connectivity index (χ0) is 19.4. The second kappa shape index (κ2) is 7.79. The molecular weight excluding hydrogens is 425 g/mol. The number of carbonyl (C=O) groups is 1. The van der Waals surface area contributed by atoms with Crippen LogP contribution >= 0.6 is 15.9 Å². The van der Waals surface area contributed by atoms with Crippen LogP contribution in [0.2, 0.25) is 0 Å². The fourth-order valence-corrected chi connectivity index (χ4v) is 2.67. The molecule has 27 heavy (non-hydrogen) atoms. The van der Waals surface area contributed by atoms with E-state index in [0.717, 1.165) is 16.6 Å². The first kappa shape index (κ1) is 18.9. The number of hydrogen-bond donors (Lipinski definition) is 1. The molecule has 0 saturated heterocycles. The molecule has 0 saturated carbocycles. The quantitative estimate of drug-likeness (QED) is 0.553. The van der Waals surface area contributed by atoms with Crippen LogP contribution in [0.4, 0.5) is 18.9 Å². The highest BCUT2D eigenvalue weighted by Gasteiger charge is 2.34. The zero-order valence-corrected chi connectivity index (χ0v) is 15.2. The molecule has 1 amide bonds. The van der Waals surface area contributed by atoms with Crippen molar-refractivity contribution in [3.8, 4) is 11.6 Å². The molecule has 138 valence electrons. The van der Waals surface area contributed by atoms with Crippen LogP contribution in [0.3, 0.4) is 0 Å². The number of benzene rings is 2. The maximum absolute atomic E-state index is 13.0. The third-order valence-corrected chi connectivity index (χ3v) is 3.98. The number of nitrogens with one attached hydrogen (secondary N) is 1. The van der Waals surface area contributed by atoms with Gasteiger partial charge in [0.1, 0.15) is 5.75 Å². The first-order chi connectivity index (χ1) is 12.8. The molecule has 0 aliphatic rings. The summed E-state index contributed by atoms with van der Waals surface area (Å²) in [6.07, 6.45) is -3.31. The van der Waals surface area contributed by atoms with Crippen LogP contribution in [0.5, 0.6) is 11.6 Å². The average Bonchev–Trinajstić information content (AvgIpc) is 2.63. The molecule has 2 aromatic carbocycles. The Labute approximate surface area is 161 Å². The molecule has 0 radical (unpaired) electrons. The number of anilines is 1. The van der Waals surface area contributed by atoms with Crippen molar-refractivity contribution in [1.82, 2.24) is 4.98 Å². The van der Waals surface area contributed by atoms with E-state index in [2.05, 4.69) is 26.2 Å². The number of rotatable bonds is 4. The normalized spacial score (nSPS) is 11.1. The molecule has 0 unspecified atom stereocenters. The monoisotopic (exact) mass is 436 g/mol. The van der Waals surface area contributed by atoms with Gasteiger partial charge in [0.2, 0.25) is 5.88 Å². The predicted octanol–water partition coefficient (Wildman–Crippen LogP) is 5.91. The lowest BCUT2D eigenvalue weighted by Gasteiger charge is -2.12. The maximum atomic E-state index is 13.0. The summed E-state index contributed by atoms with van der Waals surface area (Å²) in [4.78, 5) is 16.3. The van der Waals surface area contributed by atoms with Gasteiger partial charge in [-0.05, 0) is 36.4 Å². The van der Waals surface area contributed by atoms with Crippen molar-refractivity contribution >= 4 is 27.5 Å².